The first-order valence-electron chi connectivity index (χ1n) is 7.90. The molecule has 2 aromatic rings. The fourth-order valence-corrected chi connectivity index (χ4v) is 2.77. The van der Waals surface area contributed by atoms with Gasteiger partial charge in [0, 0.05) is 33.2 Å². The zero-order chi connectivity index (χ0) is 15.5. The van der Waals surface area contributed by atoms with Gasteiger partial charge < -0.3 is 14.6 Å². The molecule has 5 nitrogen and oxygen atoms in total. The van der Waals surface area contributed by atoms with Crippen LogP contribution in [0.15, 0.2) is 18.2 Å². The lowest BCUT2D eigenvalue weighted by Crippen LogP contribution is -2.26. The molecule has 1 saturated carbocycles. The highest BCUT2D eigenvalue weighted by Crippen LogP contribution is 2.40. The first-order chi connectivity index (χ1) is 10.7. The minimum atomic E-state index is 0.0498. The van der Waals surface area contributed by atoms with E-state index in [-0.39, 0.29) is 5.91 Å². The average molecular weight is 301 g/mol. The maximum Gasteiger partial charge on any atom is 0.224 e. The molecule has 1 amide bonds. The van der Waals surface area contributed by atoms with Gasteiger partial charge in [-0.3, -0.25) is 4.79 Å². The van der Waals surface area contributed by atoms with Crippen molar-refractivity contribution >= 4 is 16.9 Å². The summed E-state index contributed by atoms with van der Waals surface area (Å²) in [6.45, 7) is 1.33. The van der Waals surface area contributed by atoms with Crippen molar-refractivity contribution in [1.82, 2.24) is 14.9 Å². The molecule has 0 aliphatic heterocycles. The standard InChI is InChI=1S/C17H23N3O2/c1-20-15-7-4-12(11-16(21)18-8-3-9-22-2)10-14(15)19-17(20)13-5-6-13/h4,7,10,13H,3,5-6,8-9,11H2,1-2H3,(H,18,21). The number of aromatic nitrogens is 2. The first kappa shape index (κ1) is 15.0. The fraction of sp³-hybridized carbons (Fsp3) is 0.529. The summed E-state index contributed by atoms with van der Waals surface area (Å²) in [6.07, 6.45) is 3.73. The number of hydrogen-bond donors (Lipinski definition) is 1. The average Bonchev–Trinajstić information content (AvgIpc) is 3.29. The third-order valence-corrected chi connectivity index (χ3v) is 4.13. The molecule has 0 spiro atoms. The molecule has 0 saturated heterocycles. The molecule has 1 aliphatic carbocycles. The highest BCUT2D eigenvalue weighted by molar-refractivity contribution is 5.82. The summed E-state index contributed by atoms with van der Waals surface area (Å²) < 4.78 is 7.15. The summed E-state index contributed by atoms with van der Waals surface area (Å²) in [7, 11) is 3.74. The molecule has 1 aliphatic rings. The number of nitrogens with zero attached hydrogens (tertiary/aromatic N) is 2. The molecule has 1 aromatic heterocycles. The highest BCUT2D eigenvalue weighted by atomic mass is 16.5. The molecule has 0 unspecified atom stereocenters. The Kier molecular flexibility index (Phi) is 4.43. The Morgan fingerprint density at radius 1 is 1.45 bits per heavy atom. The van der Waals surface area contributed by atoms with Crippen molar-refractivity contribution in [2.45, 2.75) is 31.6 Å². The van der Waals surface area contributed by atoms with Crippen LogP contribution in [0.4, 0.5) is 0 Å². The predicted octanol–water partition coefficient (Wildman–Crippen LogP) is 2.15. The summed E-state index contributed by atoms with van der Waals surface area (Å²) in [5, 5.41) is 2.91. The number of nitrogens with one attached hydrogen (secondary N) is 1. The van der Waals surface area contributed by atoms with E-state index in [1.54, 1.807) is 7.11 Å². The van der Waals surface area contributed by atoms with Crippen LogP contribution in [0.5, 0.6) is 0 Å². The van der Waals surface area contributed by atoms with Gasteiger partial charge in [-0.25, -0.2) is 4.98 Å². The number of hydrogen-bond acceptors (Lipinski definition) is 3. The van der Waals surface area contributed by atoms with Crippen molar-refractivity contribution in [3.63, 3.8) is 0 Å². The molecule has 3 rings (SSSR count). The Labute approximate surface area is 130 Å². The van der Waals surface area contributed by atoms with E-state index in [1.165, 1.54) is 18.7 Å². The highest BCUT2D eigenvalue weighted by Gasteiger charge is 2.28. The van der Waals surface area contributed by atoms with Crippen molar-refractivity contribution in [3.05, 3.63) is 29.6 Å². The second kappa shape index (κ2) is 6.48. The van der Waals surface area contributed by atoms with E-state index in [0.29, 0.717) is 25.5 Å². The molecule has 1 heterocycles. The zero-order valence-corrected chi connectivity index (χ0v) is 13.3. The number of amides is 1. The topological polar surface area (TPSA) is 56.1 Å². The van der Waals surface area contributed by atoms with Crippen LogP contribution in [0.25, 0.3) is 11.0 Å². The molecule has 1 N–H and O–H groups in total. The second-order valence-electron chi connectivity index (χ2n) is 6.00. The monoisotopic (exact) mass is 301 g/mol. The van der Waals surface area contributed by atoms with Crippen molar-refractivity contribution < 1.29 is 9.53 Å². The Balaban J connectivity index is 1.65. The Morgan fingerprint density at radius 2 is 2.27 bits per heavy atom. The smallest absolute Gasteiger partial charge is 0.224 e. The maximum atomic E-state index is 11.9. The Morgan fingerprint density at radius 3 is 3.00 bits per heavy atom. The van der Waals surface area contributed by atoms with Crippen LogP contribution < -0.4 is 5.32 Å². The van der Waals surface area contributed by atoms with Crippen molar-refractivity contribution in [1.29, 1.82) is 0 Å². The van der Waals surface area contributed by atoms with Gasteiger partial charge in [0.05, 0.1) is 17.5 Å². The van der Waals surface area contributed by atoms with E-state index in [1.807, 2.05) is 12.1 Å². The number of imidazole rings is 1. The molecule has 1 fully saturated rings. The van der Waals surface area contributed by atoms with E-state index in [9.17, 15) is 4.79 Å². The summed E-state index contributed by atoms with van der Waals surface area (Å²) in [4.78, 5) is 16.7. The van der Waals surface area contributed by atoms with Gasteiger partial charge in [0.2, 0.25) is 5.91 Å². The van der Waals surface area contributed by atoms with Gasteiger partial charge in [0.15, 0.2) is 0 Å². The number of methoxy groups -OCH3 is 1. The number of carbonyl (C=O) groups excluding carboxylic acids is 1. The summed E-state index contributed by atoms with van der Waals surface area (Å²) >= 11 is 0. The van der Waals surface area contributed by atoms with Crippen molar-refractivity contribution in [2.75, 3.05) is 20.3 Å². The van der Waals surface area contributed by atoms with Crippen LogP contribution in [-0.4, -0.2) is 35.7 Å². The van der Waals surface area contributed by atoms with Crippen molar-refractivity contribution in [3.8, 4) is 0 Å². The molecule has 22 heavy (non-hydrogen) atoms. The van der Waals surface area contributed by atoms with E-state index >= 15 is 0 Å². The molecule has 118 valence electrons. The number of fused-ring (bicyclic) bond motifs is 1. The fourth-order valence-electron chi connectivity index (χ4n) is 2.77. The molecule has 5 heteroatoms. The number of benzene rings is 1. The normalized spacial score (nSPS) is 14.5. The molecule has 0 bridgehead atoms. The van der Waals surface area contributed by atoms with Crippen molar-refractivity contribution in [2.24, 2.45) is 7.05 Å². The van der Waals surface area contributed by atoms with E-state index in [4.69, 9.17) is 9.72 Å². The van der Waals surface area contributed by atoms with E-state index in [2.05, 4.69) is 23.0 Å². The second-order valence-corrected chi connectivity index (χ2v) is 6.00. The maximum absolute atomic E-state index is 11.9. The van der Waals surface area contributed by atoms with Crippen LogP contribution in [0, 0.1) is 0 Å². The number of ether oxygens (including phenoxy) is 1. The van der Waals surface area contributed by atoms with Crippen LogP contribution >= 0.6 is 0 Å². The van der Waals surface area contributed by atoms with Gasteiger partial charge in [-0.1, -0.05) is 6.07 Å². The minimum Gasteiger partial charge on any atom is -0.385 e. The minimum absolute atomic E-state index is 0.0498. The lowest BCUT2D eigenvalue weighted by molar-refractivity contribution is -0.120. The summed E-state index contributed by atoms with van der Waals surface area (Å²) in [6, 6.07) is 6.13. The molecule has 0 atom stereocenters. The van der Waals surface area contributed by atoms with E-state index in [0.717, 1.165) is 23.0 Å². The SMILES string of the molecule is COCCCNC(=O)Cc1ccc2c(c1)nc(C1CC1)n2C. The summed E-state index contributed by atoms with van der Waals surface area (Å²) in [5.74, 6) is 1.86. The molecule has 0 radical (unpaired) electrons. The van der Waals surface area contributed by atoms with Gasteiger partial charge in [-0.15, -0.1) is 0 Å². The molecular weight excluding hydrogens is 278 g/mol. The van der Waals surface area contributed by atoms with Crippen LogP contribution in [0.1, 0.15) is 36.6 Å². The summed E-state index contributed by atoms with van der Waals surface area (Å²) in [5.41, 5.74) is 3.15. The van der Waals surface area contributed by atoms with Gasteiger partial charge in [-0.05, 0) is 37.0 Å². The number of rotatable bonds is 7. The van der Waals surface area contributed by atoms with Crippen LogP contribution in [-0.2, 0) is 23.0 Å². The third-order valence-electron chi connectivity index (χ3n) is 4.13. The quantitative estimate of drug-likeness (QED) is 0.797. The van der Waals surface area contributed by atoms with Crippen LogP contribution in [0.3, 0.4) is 0 Å². The third kappa shape index (κ3) is 3.30. The van der Waals surface area contributed by atoms with E-state index < -0.39 is 0 Å². The Hall–Kier alpha value is -1.88. The first-order valence-corrected chi connectivity index (χ1v) is 7.90. The largest absolute Gasteiger partial charge is 0.385 e. The van der Waals surface area contributed by atoms with Gasteiger partial charge >= 0.3 is 0 Å². The lowest BCUT2D eigenvalue weighted by atomic mass is 10.1. The molecule has 1 aromatic carbocycles. The number of carbonyl (C=O) groups is 1. The van der Waals surface area contributed by atoms with Crippen LogP contribution in [0.2, 0.25) is 0 Å². The lowest BCUT2D eigenvalue weighted by Gasteiger charge is -2.05. The predicted molar refractivity (Wildman–Crippen MR) is 85.9 cm³/mol. The Bertz CT molecular complexity index is 674. The van der Waals surface area contributed by atoms with Gasteiger partial charge in [0.1, 0.15) is 5.82 Å². The molecular formula is C17H23N3O2. The number of aryl methyl sites for hydroxylation is 1. The van der Waals surface area contributed by atoms with Gasteiger partial charge in [0.25, 0.3) is 0 Å². The zero-order valence-electron chi connectivity index (χ0n) is 13.3. The van der Waals surface area contributed by atoms with Gasteiger partial charge in [-0.2, -0.15) is 0 Å².